The van der Waals surface area contributed by atoms with Crippen molar-refractivity contribution in [3.63, 3.8) is 0 Å². The number of hydrogen-bond acceptors (Lipinski definition) is 7. The third kappa shape index (κ3) is 6.67. The number of rotatable bonds is 9. The number of sulfonamides is 1. The van der Waals surface area contributed by atoms with Crippen molar-refractivity contribution >= 4 is 26.5 Å². The predicted molar refractivity (Wildman–Crippen MR) is 135 cm³/mol. The molecule has 0 amide bonds. The van der Waals surface area contributed by atoms with Gasteiger partial charge in [-0.3, -0.25) is 14.6 Å². The summed E-state index contributed by atoms with van der Waals surface area (Å²) in [6.07, 6.45) is 3.71. The summed E-state index contributed by atoms with van der Waals surface area (Å²) in [6, 6.07) is 1.87. The van der Waals surface area contributed by atoms with E-state index in [9.17, 15) is 21.6 Å². The van der Waals surface area contributed by atoms with Gasteiger partial charge in [-0.25, -0.2) is 4.98 Å². The van der Waals surface area contributed by atoms with Crippen LogP contribution in [0, 0.1) is 5.92 Å². The number of hydrogen-bond donors (Lipinski definition) is 3. The molecule has 3 aliphatic rings. The molecule has 0 aromatic carbocycles. The van der Waals surface area contributed by atoms with Crippen LogP contribution in [0.15, 0.2) is 47.0 Å². The van der Waals surface area contributed by atoms with Crippen LogP contribution in [-0.4, -0.2) is 59.1 Å². The molecule has 1 aromatic heterocycles. The second kappa shape index (κ2) is 11.1. The second-order valence-electron chi connectivity index (χ2n) is 9.31. The van der Waals surface area contributed by atoms with Crippen LogP contribution in [0.25, 0.3) is 5.57 Å². The molecule has 2 heterocycles. The van der Waals surface area contributed by atoms with Crippen LogP contribution in [-0.2, 0) is 16.2 Å². The van der Waals surface area contributed by atoms with E-state index >= 15 is 0 Å². The third-order valence-electron chi connectivity index (χ3n) is 6.56. The minimum absolute atomic E-state index is 0.0787. The van der Waals surface area contributed by atoms with Crippen LogP contribution in [0.3, 0.4) is 0 Å². The first-order valence-corrected chi connectivity index (χ1v) is 13.8. The molecule has 37 heavy (non-hydrogen) atoms. The van der Waals surface area contributed by atoms with Gasteiger partial charge in [-0.15, -0.1) is 0 Å². The molecule has 1 atom stereocenters. The molecule has 4 rings (SSSR count). The van der Waals surface area contributed by atoms with Gasteiger partial charge >= 0.3 is 6.18 Å². The Kier molecular flexibility index (Phi) is 8.22. The molecular formula is C25H31F3N4O4S. The van der Waals surface area contributed by atoms with Crippen molar-refractivity contribution in [2.45, 2.75) is 64.1 Å². The van der Waals surface area contributed by atoms with Gasteiger partial charge in [0.25, 0.3) is 10.0 Å². The van der Waals surface area contributed by atoms with E-state index in [0.29, 0.717) is 31.5 Å². The van der Waals surface area contributed by atoms with Crippen molar-refractivity contribution in [3.8, 4) is 0 Å². The van der Waals surface area contributed by atoms with Gasteiger partial charge < -0.3 is 10.2 Å². The monoisotopic (exact) mass is 540 g/mol. The summed E-state index contributed by atoms with van der Waals surface area (Å²) in [7, 11) is -4.25. The lowest BCUT2D eigenvalue weighted by molar-refractivity contribution is -0.138. The minimum Gasteiger partial charge on any atom is -0.368 e. The Hall–Kier alpha value is -2.54. The molecule has 8 nitrogen and oxygen atoms in total. The van der Waals surface area contributed by atoms with Crippen LogP contribution in [0.5, 0.6) is 0 Å². The second-order valence-corrected chi connectivity index (χ2v) is 10.9. The number of nitrogens with zero attached hydrogens (tertiary/aromatic N) is 3. The molecule has 0 bridgehead atoms. The van der Waals surface area contributed by atoms with E-state index in [-0.39, 0.29) is 28.9 Å². The van der Waals surface area contributed by atoms with Crippen molar-refractivity contribution in [2.24, 2.45) is 10.9 Å². The van der Waals surface area contributed by atoms with E-state index in [0.717, 1.165) is 37.0 Å². The average molecular weight is 541 g/mol. The van der Waals surface area contributed by atoms with Gasteiger partial charge in [-0.05, 0) is 61.9 Å². The summed E-state index contributed by atoms with van der Waals surface area (Å²) in [5.74, 6) is -0.0134. The Morgan fingerprint density at radius 1 is 1.19 bits per heavy atom. The molecule has 2 aliphatic carbocycles. The highest BCUT2D eigenvalue weighted by atomic mass is 32.2. The van der Waals surface area contributed by atoms with E-state index in [2.05, 4.69) is 14.7 Å². The van der Waals surface area contributed by atoms with Crippen LogP contribution in [0.2, 0.25) is 0 Å². The zero-order valence-corrected chi connectivity index (χ0v) is 21.3. The maximum absolute atomic E-state index is 13.9. The lowest BCUT2D eigenvalue weighted by Crippen LogP contribution is -2.38. The fourth-order valence-electron chi connectivity index (χ4n) is 4.57. The molecule has 1 unspecified atom stereocenters. The summed E-state index contributed by atoms with van der Waals surface area (Å²) >= 11 is 0. The molecule has 0 saturated heterocycles. The van der Waals surface area contributed by atoms with Crippen LogP contribution in [0.4, 0.5) is 19.0 Å². The average Bonchev–Trinajstić information content (AvgIpc) is 3.69. The number of nitrogens with one attached hydrogen (secondary N) is 1. The summed E-state index contributed by atoms with van der Waals surface area (Å²) in [5.41, 5.74) is 0.0835. The highest BCUT2D eigenvalue weighted by Gasteiger charge is 2.38. The summed E-state index contributed by atoms with van der Waals surface area (Å²) in [5, 5.41) is 18.1. The summed E-state index contributed by atoms with van der Waals surface area (Å²) in [4.78, 5) is 10.3. The third-order valence-corrected chi connectivity index (χ3v) is 7.83. The highest BCUT2D eigenvalue weighted by Crippen LogP contribution is 2.47. The SMILES string of the molecule is CCN(CCC(O)O)C1CC=CC(S(=O)(=O)Nc2ccc(C(F)(F)F)c(C3=CCCC=C3C3CC3)n2)=N1. The van der Waals surface area contributed by atoms with Gasteiger partial charge in [0.15, 0.2) is 11.3 Å². The standard InChI is InChI=1S/C25H31F3N4O4S/c1-2-32(15-14-23(33)34)21-8-5-9-22(30-21)37(35,36)31-20-13-12-19(25(26,27)28)24(29-20)18-7-4-3-6-17(18)16-10-11-16/h5-7,9,12-13,16,21,23,33-34H,2-4,8,10-11,14-15H2,1H3,(H,29,31). The molecule has 1 aliphatic heterocycles. The van der Waals surface area contributed by atoms with Gasteiger partial charge in [0.1, 0.15) is 12.0 Å². The van der Waals surface area contributed by atoms with Crippen molar-refractivity contribution in [3.05, 3.63) is 53.3 Å². The Balaban J connectivity index is 1.62. The molecule has 0 spiro atoms. The van der Waals surface area contributed by atoms with Gasteiger partial charge in [0.2, 0.25) is 0 Å². The predicted octanol–water partition coefficient (Wildman–Crippen LogP) is 4.06. The first-order chi connectivity index (χ1) is 17.5. The molecule has 1 aromatic rings. The molecular weight excluding hydrogens is 509 g/mol. The smallest absolute Gasteiger partial charge is 0.368 e. The Morgan fingerprint density at radius 2 is 1.92 bits per heavy atom. The lowest BCUT2D eigenvalue weighted by atomic mass is 9.89. The van der Waals surface area contributed by atoms with E-state index in [1.807, 2.05) is 17.9 Å². The number of alkyl halides is 3. The number of pyridine rings is 1. The lowest BCUT2D eigenvalue weighted by Gasteiger charge is -2.29. The molecule has 202 valence electrons. The van der Waals surface area contributed by atoms with Crippen LogP contribution < -0.4 is 4.72 Å². The topological polar surface area (TPSA) is 115 Å². The maximum Gasteiger partial charge on any atom is 0.418 e. The number of anilines is 1. The fourth-order valence-corrected chi connectivity index (χ4v) is 5.60. The summed E-state index contributed by atoms with van der Waals surface area (Å²) < 4.78 is 70.2. The van der Waals surface area contributed by atoms with Gasteiger partial charge in [-0.2, -0.15) is 21.6 Å². The van der Waals surface area contributed by atoms with Crippen molar-refractivity contribution in [1.82, 2.24) is 9.88 Å². The van der Waals surface area contributed by atoms with Crippen molar-refractivity contribution in [1.29, 1.82) is 0 Å². The molecule has 1 saturated carbocycles. The Labute approximate surface area is 214 Å². The van der Waals surface area contributed by atoms with E-state index in [4.69, 9.17) is 10.2 Å². The molecule has 1 fully saturated rings. The van der Waals surface area contributed by atoms with Gasteiger partial charge in [0, 0.05) is 25.0 Å². The zero-order valence-electron chi connectivity index (χ0n) is 20.4. The van der Waals surface area contributed by atoms with E-state index in [1.165, 1.54) is 6.08 Å². The van der Waals surface area contributed by atoms with Gasteiger partial charge in [0.05, 0.1) is 11.3 Å². The number of allylic oxidation sites excluding steroid dienone is 4. The number of aromatic nitrogens is 1. The molecule has 3 N–H and O–H groups in total. The largest absolute Gasteiger partial charge is 0.418 e. The number of dihydropyridines is 1. The molecule has 0 radical (unpaired) electrons. The van der Waals surface area contributed by atoms with E-state index < -0.39 is 34.2 Å². The first-order valence-electron chi connectivity index (χ1n) is 12.4. The minimum atomic E-state index is -4.65. The maximum atomic E-state index is 13.9. The van der Waals surface area contributed by atoms with Crippen LogP contribution >= 0.6 is 0 Å². The summed E-state index contributed by atoms with van der Waals surface area (Å²) in [6.45, 7) is 2.65. The Bertz CT molecular complexity index is 1230. The number of aliphatic hydroxyl groups excluding tert-OH is 1. The van der Waals surface area contributed by atoms with Gasteiger partial charge in [-0.1, -0.05) is 25.2 Å². The normalized spacial score (nSPS) is 20.6. The Morgan fingerprint density at radius 3 is 2.57 bits per heavy atom. The quantitative estimate of drug-likeness (QED) is 0.407. The number of aliphatic hydroxyl groups is 2. The molecule has 12 heteroatoms. The van der Waals surface area contributed by atoms with Crippen LogP contribution in [0.1, 0.15) is 56.7 Å². The number of halogens is 3. The van der Waals surface area contributed by atoms with Crippen molar-refractivity contribution in [2.75, 3.05) is 17.8 Å². The zero-order chi connectivity index (χ0) is 26.8. The van der Waals surface area contributed by atoms with Crippen molar-refractivity contribution < 1.29 is 31.8 Å². The van der Waals surface area contributed by atoms with E-state index in [1.54, 1.807) is 12.2 Å². The first kappa shape index (κ1) is 27.5. The number of aliphatic imine (C=N–C) groups is 1. The highest BCUT2D eigenvalue weighted by molar-refractivity contribution is 8.07. The fraction of sp³-hybridized carbons (Fsp3) is 0.520.